The van der Waals surface area contributed by atoms with Gasteiger partial charge in [-0.1, -0.05) is 20.8 Å². The molecule has 4 nitrogen and oxygen atoms in total. The summed E-state index contributed by atoms with van der Waals surface area (Å²) in [7, 11) is 0. The molecule has 0 aliphatic heterocycles. The molecule has 0 bridgehead atoms. The summed E-state index contributed by atoms with van der Waals surface area (Å²) in [5, 5.41) is 4.62. The standard InChI is InChI=1S/C15H24N4/c1-10-7-11-12(18-10)16-9-17-13(11)19-15(5,6)8-14(2,3)4/h7,9H,8H2,1-6H3,(H2,16,17,18,19). The number of aromatic nitrogens is 3. The number of hydrogen-bond donors (Lipinski definition) is 2. The Morgan fingerprint density at radius 3 is 2.47 bits per heavy atom. The van der Waals surface area contributed by atoms with Gasteiger partial charge in [0.25, 0.3) is 0 Å². The van der Waals surface area contributed by atoms with Crippen molar-refractivity contribution in [2.24, 2.45) is 5.41 Å². The average molecular weight is 260 g/mol. The third kappa shape index (κ3) is 3.46. The number of aromatic amines is 1. The van der Waals surface area contributed by atoms with Crippen molar-refractivity contribution >= 4 is 16.9 Å². The van der Waals surface area contributed by atoms with E-state index in [1.165, 1.54) is 0 Å². The van der Waals surface area contributed by atoms with Gasteiger partial charge in [0.2, 0.25) is 0 Å². The van der Waals surface area contributed by atoms with E-state index in [-0.39, 0.29) is 11.0 Å². The Balaban J connectivity index is 2.30. The van der Waals surface area contributed by atoms with Crippen LogP contribution >= 0.6 is 0 Å². The summed E-state index contributed by atoms with van der Waals surface area (Å²) in [5.41, 5.74) is 2.26. The van der Waals surface area contributed by atoms with Gasteiger partial charge in [0.1, 0.15) is 17.8 Å². The number of fused-ring (bicyclic) bond motifs is 1. The zero-order valence-electron chi connectivity index (χ0n) is 12.8. The Kier molecular flexibility index (Phi) is 3.29. The molecule has 2 heterocycles. The van der Waals surface area contributed by atoms with E-state index in [0.29, 0.717) is 0 Å². The molecular weight excluding hydrogens is 236 g/mol. The van der Waals surface area contributed by atoms with Gasteiger partial charge in [-0.15, -0.1) is 0 Å². The molecule has 0 aliphatic rings. The van der Waals surface area contributed by atoms with Crippen molar-refractivity contribution in [3.05, 3.63) is 18.1 Å². The Morgan fingerprint density at radius 1 is 1.16 bits per heavy atom. The Hall–Kier alpha value is -1.58. The highest BCUT2D eigenvalue weighted by atomic mass is 15.1. The normalized spacial score (nSPS) is 12.9. The number of nitrogens with one attached hydrogen (secondary N) is 2. The van der Waals surface area contributed by atoms with Gasteiger partial charge in [-0.25, -0.2) is 9.97 Å². The second kappa shape index (κ2) is 4.51. The minimum absolute atomic E-state index is 0.00922. The van der Waals surface area contributed by atoms with Gasteiger partial charge in [0.05, 0.1) is 5.39 Å². The van der Waals surface area contributed by atoms with E-state index in [0.717, 1.165) is 29.0 Å². The topological polar surface area (TPSA) is 53.6 Å². The summed E-state index contributed by atoms with van der Waals surface area (Å²) >= 11 is 0. The predicted octanol–water partition coefficient (Wildman–Crippen LogP) is 3.89. The van der Waals surface area contributed by atoms with Gasteiger partial charge < -0.3 is 10.3 Å². The summed E-state index contributed by atoms with van der Waals surface area (Å²) in [6, 6.07) is 2.09. The summed E-state index contributed by atoms with van der Waals surface area (Å²) in [6.45, 7) is 13.2. The molecule has 0 spiro atoms. The van der Waals surface area contributed by atoms with Crippen LogP contribution in [0.1, 0.15) is 46.7 Å². The summed E-state index contributed by atoms with van der Waals surface area (Å²) in [4.78, 5) is 11.9. The molecule has 104 valence electrons. The summed E-state index contributed by atoms with van der Waals surface area (Å²) in [6.07, 6.45) is 2.67. The van der Waals surface area contributed by atoms with E-state index in [9.17, 15) is 0 Å². The minimum Gasteiger partial charge on any atom is -0.365 e. The van der Waals surface area contributed by atoms with Crippen LogP contribution in [-0.2, 0) is 0 Å². The van der Waals surface area contributed by atoms with Crippen LogP contribution in [0.2, 0.25) is 0 Å². The molecule has 2 rings (SSSR count). The number of rotatable bonds is 3. The monoisotopic (exact) mass is 260 g/mol. The van der Waals surface area contributed by atoms with E-state index in [1.54, 1.807) is 6.33 Å². The highest BCUT2D eigenvalue weighted by Crippen LogP contribution is 2.31. The van der Waals surface area contributed by atoms with Gasteiger partial charge in [0.15, 0.2) is 0 Å². The van der Waals surface area contributed by atoms with E-state index in [1.807, 2.05) is 6.92 Å². The first-order chi connectivity index (χ1) is 8.66. The fourth-order valence-corrected chi connectivity index (χ4v) is 2.86. The van der Waals surface area contributed by atoms with Gasteiger partial charge in [-0.3, -0.25) is 0 Å². The molecule has 0 saturated carbocycles. The molecule has 19 heavy (non-hydrogen) atoms. The van der Waals surface area contributed by atoms with Crippen molar-refractivity contribution in [3.63, 3.8) is 0 Å². The van der Waals surface area contributed by atoms with Crippen LogP contribution in [-0.4, -0.2) is 20.5 Å². The molecule has 0 aliphatic carbocycles. The molecular formula is C15H24N4. The van der Waals surface area contributed by atoms with Crippen LogP contribution < -0.4 is 5.32 Å². The number of aryl methyl sites for hydroxylation is 1. The van der Waals surface area contributed by atoms with Gasteiger partial charge in [0, 0.05) is 11.2 Å². The smallest absolute Gasteiger partial charge is 0.143 e. The lowest BCUT2D eigenvalue weighted by molar-refractivity contribution is 0.302. The molecule has 2 aromatic rings. The Labute approximate surface area is 115 Å². The first-order valence-corrected chi connectivity index (χ1v) is 6.75. The second-order valence-corrected chi connectivity index (χ2v) is 7.18. The van der Waals surface area contributed by atoms with E-state index >= 15 is 0 Å². The van der Waals surface area contributed by atoms with Gasteiger partial charge in [-0.05, 0) is 38.7 Å². The van der Waals surface area contributed by atoms with Crippen LogP contribution in [0.15, 0.2) is 12.4 Å². The lowest BCUT2D eigenvalue weighted by Crippen LogP contribution is -2.35. The molecule has 4 heteroatoms. The summed E-state index contributed by atoms with van der Waals surface area (Å²) in [5.74, 6) is 0.906. The highest BCUT2D eigenvalue weighted by Gasteiger charge is 2.26. The third-order valence-corrected chi connectivity index (χ3v) is 2.99. The molecule has 0 atom stereocenters. The number of nitrogens with zero attached hydrogens (tertiary/aromatic N) is 2. The maximum absolute atomic E-state index is 4.39. The minimum atomic E-state index is -0.00922. The molecule has 0 aromatic carbocycles. The molecule has 0 radical (unpaired) electrons. The van der Waals surface area contributed by atoms with Crippen molar-refractivity contribution in [3.8, 4) is 0 Å². The first kappa shape index (κ1) is 13.8. The lowest BCUT2D eigenvalue weighted by atomic mass is 9.82. The molecule has 0 amide bonds. The van der Waals surface area contributed by atoms with Crippen LogP contribution in [0, 0.1) is 12.3 Å². The average Bonchev–Trinajstić information content (AvgIpc) is 2.54. The van der Waals surface area contributed by atoms with Crippen LogP contribution in [0.4, 0.5) is 5.82 Å². The predicted molar refractivity (Wildman–Crippen MR) is 80.4 cm³/mol. The van der Waals surface area contributed by atoms with Gasteiger partial charge >= 0.3 is 0 Å². The van der Waals surface area contributed by atoms with E-state index in [4.69, 9.17) is 0 Å². The maximum Gasteiger partial charge on any atom is 0.143 e. The summed E-state index contributed by atoms with van der Waals surface area (Å²) < 4.78 is 0. The number of H-pyrrole nitrogens is 1. The van der Waals surface area contributed by atoms with Crippen molar-refractivity contribution < 1.29 is 0 Å². The zero-order chi connectivity index (χ0) is 14.3. The molecule has 2 N–H and O–H groups in total. The third-order valence-electron chi connectivity index (χ3n) is 2.99. The molecule has 0 unspecified atom stereocenters. The van der Waals surface area contributed by atoms with E-state index < -0.39 is 0 Å². The van der Waals surface area contributed by atoms with Crippen molar-refractivity contribution in [2.75, 3.05) is 5.32 Å². The van der Waals surface area contributed by atoms with Gasteiger partial charge in [-0.2, -0.15) is 0 Å². The van der Waals surface area contributed by atoms with Crippen LogP contribution in [0.5, 0.6) is 0 Å². The Bertz CT molecular complexity index is 575. The fourth-order valence-electron chi connectivity index (χ4n) is 2.86. The largest absolute Gasteiger partial charge is 0.365 e. The second-order valence-electron chi connectivity index (χ2n) is 7.18. The highest BCUT2D eigenvalue weighted by molar-refractivity contribution is 5.87. The number of hydrogen-bond acceptors (Lipinski definition) is 3. The Morgan fingerprint density at radius 2 is 1.84 bits per heavy atom. The van der Waals surface area contributed by atoms with Crippen molar-refractivity contribution in [1.29, 1.82) is 0 Å². The lowest BCUT2D eigenvalue weighted by Gasteiger charge is -2.33. The van der Waals surface area contributed by atoms with Crippen molar-refractivity contribution in [1.82, 2.24) is 15.0 Å². The molecule has 0 saturated heterocycles. The van der Waals surface area contributed by atoms with Crippen LogP contribution in [0.25, 0.3) is 11.0 Å². The first-order valence-electron chi connectivity index (χ1n) is 6.75. The molecule has 2 aromatic heterocycles. The van der Waals surface area contributed by atoms with Crippen molar-refractivity contribution in [2.45, 2.75) is 53.5 Å². The molecule has 0 fully saturated rings. The number of anilines is 1. The maximum atomic E-state index is 4.39. The zero-order valence-corrected chi connectivity index (χ0v) is 12.8. The fraction of sp³-hybridized carbons (Fsp3) is 0.600. The SMILES string of the molecule is Cc1cc2c(NC(C)(C)CC(C)(C)C)ncnc2[nH]1. The van der Waals surface area contributed by atoms with Crippen LogP contribution in [0.3, 0.4) is 0 Å². The quantitative estimate of drug-likeness (QED) is 0.880. The van der Waals surface area contributed by atoms with E-state index in [2.05, 4.69) is 61.0 Å².